The van der Waals surface area contributed by atoms with Crippen molar-refractivity contribution < 1.29 is 0 Å². The summed E-state index contributed by atoms with van der Waals surface area (Å²) in [4.78, 5) is 24.8. The van der Waals surface area contributed by atoms with Crippen LogP contribution in [-0.2, 0) is 6.54 Å². The maximum Gasteiger partial charge on any atom is 0.328 e. The molecule has 0 spiro atoms. The fourth-order valence-corrected chi connectivity index (χ4v) is 1.63. The van der Waals surface area contributed by atoms with Crippen LogP contribution in [0.15, 0.2) is 20.3 Å². The van der Waals surface area contributed by atoms with Gasteiger partial charge in [-0.1, -0.05) is 29.8 Å². The molecule has 6 heteroatoms. The fourth-order valence-electron chi connectivity index (χ4n) is 1.10. The zero-order chi connectivity index (χ0) is 11.6. The van der Waals surface area contributed by atoms with Crippen molar-refractivity contribution in [2.75, 3.05) is 5.33 Å². The second kappa shape index (κ2) is 4.65. The van der Waals surface area contributed by atoms with Crippen molar-refractivity contribution in [2.45, 2.75) is 20.4 Å². The van der Waals surface area contributed by atoms with E-state index in [-0.39, 0.29) is 11.1 Å². The molecular weight excluding hydrogens is 328 g/mol. The lowest BCUT2D eigenvalue weighted by atomic mass is 9.97. The van der Waals surface area contributed by atoms with Gasteiger partial charge in [0.15, 0.2) is 0 Å². The highest BCUT2D eigenvalue weighted by Crippen LogP contribution is 2.19. The Morgan fingerprint density at radius 2 is 2.07 bits per heavy atom. The van der Waals surface area contributed by atoms with Crippen molar-refractivity contribution >= 4 is 31.9 Å². The minimum atomic E-state index is -0.395. The molecule has 1 N–H and O–H groups in total. The Balaban J connectivity index is 3.12. The number of alkyl halides is 1. The Morgan fingerprint density at radius 3 is 2.60 bits per heavy atom. The molecule has 0 aromatic carbocycles. The van der Waals surface area contributed by atoms with E-state index in [0.29, 0.717) is 11.0 Å². The Kier molecular flexibility index (Phi) is 3.94. The third kappa shape index (κ3) is 3.31. The van der Waals surface area contributed by atoms with Crippen LogP contribution in [0.1, 0.15) is 13.8 Å². The molecule has 0 aliphatic heterocycles. The highest BCUT2D eigenvalue weighted by Gasteiger charge is 2.18. The van der Waals surface area contributed by atoms with Crippen molar-refractivity contribution in [3.05, 3.63) is 31.5 Å². The topological polar surface area (TPSA) is 54.9 Å². The van der Waals surface area contributed by atoms with Crippen LogP contribution in [-0.4, -0.2) is 14.9 Å². The first-order chi connectivity index (χ1) is 6.85. The molecule has 0 atom stereocenters. The van der Waals surface area contributed by atoms with Gasteiger partial charge in [0.1, 0.15) is 0 Å². The number of aromatic nitrogens is 2. The second-order valence-electron chi connectivity index (χ2n) is 4.16. The second-order valence-corrected chi connectivity index (χ2v) is 5.58. The third-order valence-electron chi connectivity index (χ3n) is 1.93. The standard InChI is InChI=1S/C9H12Br2N2O2/c1-9(2,4-10)5-13-3-6(11)7(14)12-8(13)15/h3H,4-5H2,1-2H3,(H,12,14,15). The van der Waals surface area contributed by atoms with Crippen molar-refractivity contribution in [1.29, 1.82) is 0 Å². The molecule has 0 saturated carbocycles. The summed E-state index contributed by atoms with van der Waals surface area (Å²) in [5, 5.41) is 0.781. The van der Waals surface area contributed by atoms with Gasteiger partial charge in [0.2, 0.25) is 0 Å². The van der Waals surface area contributed by atoms with Crippen molar-refractivity contribution in [2.24, 2.45) is 5.41 Å². The van der Waals surface area contributed by atoms with E-state index in [1.165, 1.54) is 10.8 Å². The highest BCUT2D eigenvalue weighted by atomic mass is 79.9. The van der Waals surface area contributed by atoms with E-state index in [0.717, 1.165) is 5.33 Å². The number of H-pyrrole nitrogens is 1. The Labute approximate surface area is 104 Å². The van der Waals surface area contributed by atoms with E-state index in [9.17, 15) is 9.59 Å². The van der Waals surface area contributed by atoms with Gasteiger partial charge in [0.05, 0.1) is 4.47 Å². The van der Waals surface area contributed by atoms with Gasteiger partial charge in [0, 0.05) is 18.1 Å². The van der Waals surface area contributed by atoms with Gasteiger partial charge < -0.3 is 0 Å². The molecule has 0 saturated heterocycles. The largest absolute Gasteiger partial charge is 0.328 e. The molecule has 1 aromatic heterocycles. The molecule has 1 heterocycles. The summed E-state index contributed by atoms with van der Waals surface area (Å²) in [5.41, 5.74) is -0.813. The summed E-state index contributed by atoms with van der Waals surface area (Å²) in [6, 6.07) is 0. The number of aromatic amines is 1. The van der Waals surface area contributed by atoms with Crippen LogP contribution in [0.25, 0.3) is 0 Å². The van der Waals surface area contributed by atoms with E-state index in [2.05, 4.69) is 36.8 Å². The molecule has 0 unspecified atom stereocenters. The highest BCUT2D eigenvalue weighted by molar-refractivity contribution is 9.10. The molecular formula is C9H12Br2N2O2. The van der Waals surface area contributed by atoms with Crippen LogP contribution < -0.4 is 11.2 Å². The summed E-state index contributed by atoms with van der Waals surface area (Å²) in [5.74, 6) is 0. The molecule has 0 aliphatic rings. The molecule has 1 aromatic rings. The average Bonchev–Trinajstić information content (AvgIpc) is 2.14. The molecule has 0 aliphatic carbocycles. The third-order valence-corrected chi connectivity index (χ3v) is 4.01. The van der Waals surface area contributed by atoms with Crippen molar-refractivity contribution in [3.8, 4) is 0 Å². The summed E-state index contributed by atoms with van der Waals surface area (Å²) < 4.78 is 1.86. The summed E-state index contributed by atoms with van der Waals surface area (Å²) in [6.45, 7) is 4.62. The van der Waals surface area contributed by atoms with Crippen molar-refractivity contribution in [3.63, 3.8) is 0 Å². The maximum atomic E-state index is 11.5. The average molecular weight is 340 g/mol. The van der Waals surface area contributed by atoms with Crippen LogP contribution in [0.2, 0.25) is 0 Å². The van der Waals surface area contributed by atoms with E-state index in [1.807, 2.05) is 13.8 Å². The van der Waals surface area contributed by atoms with E-state index in [1.54, 1.807) is 0 Å². The Bertz CT molecular complexity index is 462. The normalized spacial score (nSPS) is 11.7. The van der Waals surface area contributed by atoms with Gasteiger partial charge in [-0.15, -0.1) is 0 Å². The van der Waals surface area contributed by atoms with Gasteiger partial charge in [-0.3, -0.25) is 14.3 Å². The molecule has 1 rings (SSSR count). The fraction of sp³-hybridized carbons (Fsp3) is 0.556. The Hall–Kier alpha value is -0.360. The number of rotatable bonds is 3. The van der Waals surface area contributed by atoms with E-state index in [4.69, 9.17) is 0 Å². The summed E-state index contributed by atoms with van der Waals surface area (Å²) >= 11 is 6.48. The molecule has 0 fully saturated rings. The lowest BCUT2D eigenvalue weighted by molar-refractivity contribution is 0.345. The van der Waals surface area contributed by atoms with Gasteiger partial charge in [0.25, 0.3) is 5.56 Å². The summed E-state index contributed by atoms with van der Waals surface area (Å²) in [6.07, 6.45) is 1.52. The number of nitrogens with one attached hydrogen (secondary N) is 1. The van der Waals surface area contributed by atoms with E-state index < -0.39 is 5.56 Å². The molecule has 84 valence electrons. The van der Waals surface area contributed by atoms with Gasteiger partial charge in [-0.25, -0.2) is 4.79 Å². The number of hydrogen-bond acceptors (Lipinski definition) is 2. The van der Waals surface area contributed by atoms with Crippen LogP contribution in [0, 0.1) is 5.41 Å². The molecule has 0 radical (unpaired) electrons. The maximum absolute atomic E-state index is 11.5. The monoisotopic (exact) mass is 338 g/mol. The minimum Gasteiger partial charge on any atom is -0.299 e. The lowest BCUT2D eigenvalue weighted by Gasteiger charge is -2.22. The minimum absolute atomic E-state index is 0.0402. The molecule has 15 heavy (non-hydrogen) atoms. The first kappa shape index (κ1) is 12.7. The zero-order valence-electron chi connectivity index (χ0n) is 8.51. The molecule has 4 nitrogen and oxygen atoms in total. The molecule has 0 bridgehead atoms. The van der Waals surface area contributed by atoms with Gasteiger partial charge in [-0.05, 0) is 21.3 Å². The van der Waals surface area contributed by atoms with Crippen molar-refractivity contribution in [1.82, 2.24) is 9.55 Å². The van der Waals surface area contributed by atoms with Gasteiger partial charge >= 0.3 is 5.69 Å². The summed E-state index contributed by atoms with van der Waals surface area (Å²) in [7, 11) is 0. The van der Waals surface area contributed by atoms with Crippen LogP contribution in [0.4, 0.5) is 0 Å². The quantitative estimate of drug-likeness (QED) is 0.852. The number of nitrogens with zero attached hydrogens (tertiary/aromatic N) is 1. The number of halogens is 2. The van der Waals surface area contributed by atoms with E-state index >= 15 is 0 Å². The zero-order valence-corrected chi connectivity index (χ0v) is 11.7. The van der Waals surface area contributed by atoms with Crippen LogP contribution in [0.3, 0.4) is 0 Å². The lowest BCUT2D eigenvalue weighted by Crippen LogP contribution is -2.34. The van der Waals surface area contributed by atoms with Gasteiger partial charge in [-0.2, -0.15) is 0 Å². The smallest absolute Gasteiger partial charge is 0.299 e. The molecule has 0 amide bonds. The first-order valence-electron chi connectivity index (χ1n) is 4.41. The SMILES string of the molecule is CC(C)(CBr)Cn1cc(Br)c(=O)[nH]c1=O. The predicted molar refractivity (Wildman–Crippen MR) is 66.6 cm³/mol. The van der Waals surface area contributed by atoms with Crippen LogP contribution in [0.5, 0.6) is 0 Å². The first-order valence-corrected chi connectivity index (χ1v) is 6.32. The Morgan fingerprint density at radius 1 is 1.47 bits per heavy atom. The van der Waals surface area contributed by atoms with Crippen LogP contribution >= 0.6 is 31.9 Å². The number of hydrogen-bond donors (Lipinski definition) is 1. The predicted octanol–water partition coefficient (Wildman–Crippen LogP) is 1.72.